The zero-order valence-electron chi connectivity index (χ0n) is 11.5. The summed E-state index contributed by atoms with van der Waals surface area (Å²) in [4.78, 5) is 13.1. The van der Waals surface area contributed by atoms with Crippen molar-refractivity contribution >= 4 is 5.97 Å². The Kier molecular flexibility index (Phi) is 6.54. The number of nitrogens with one attached hydrogen (secondary N) is 1. The Labute approximate surface area is 104 Å². The van der Waals surface area contributed by atoms with Crippen LogP contribution in [0.3, 0.4) is 0 Å². The van der Waals surface area contributed by atoms with Crippen LogP contribution in [0.15, 0.2) is 12.4 Å². The van der Waals surface area contributed by atoms with Gasteiger partial charge in [0.1, 0.15) is 12.4 Å². The maximum absolute atomic E-state index is 9.91. The first-order valence-corrected chi connectivity index (χ1v) is 6.02. The Hall–Kier alpha value is -1.32. The molecule has 0 saturated heterocycles. The summed E-state index contributed by atoms with van der Waals surface area (Å²) in [5, 5.41) is 9.91. The molecule has 1 aromatic rings. The average molecular weight is 240 g/mol. The Morgan fingerprint density at radius 3 is 2.29 bits per heavy atom. The van der Waals surface area contributed by atoms with E-state index in [1.165, 1.54) is 25.1 Å². The van der Waals surface area contributed by atoms with E-state index in [2.05, 4.69) is 23.5 Å². The molecule has 0 fully saturated rings. The number of H-pyrrole nitrogens is 1. The standard InChI is InChI=1S/C8H14N2.C5H10O2/c1-3-4-5-8-9-6-7-10(8)2;1-5(2,3)4(6)7/h6-7H,3-5H2,1-2H3;1-3H3,(H,6,7). The van der Waals surface area contributed by atoms with Crippen LogP contribution >= 0.6 is 0 Å². The quantitative estimate of drug-likeness (QED) is 0.800. The van der Waals surface area contributed by atoms with Crippen LogP contribution in [-0.4, -0.2) is 11.0 Å². The topological polar surface area (TPSA) is 59.8 Å². The van der Waals surface area contributed by atoms with Crippen molar-refractivity contribution < 1.29 is 14.5 Å². The molecule has 0 saturated carbocycles. The van der Waals surface area contributed by atoms with Crippen molar-refractivity contribution in [3.63, 3.8) is 0 Å². The highest BCUT2D eigenvalue weighted by Crippen LogP contribution is 2.09. The Morgan fingerprint density at radius 2 is 2.00 bits per heavy atom. The van der Waals surface area contributed by atoms with Gasteiger partial charge in [-0.1, -0.05) is 34.1 Å². The fraction of sp³-hybridized carbons (Fsp3) is 0.692. The molecule has 0 spiro atoms. The zero-order chi connectivity index (χ0) is 13.5. The normalized spacial score (nSPS) is 10.6. The fourth-order valence-electron chi connectivity index (χ4n) is 1.03. The van der Waals surface area contributed by atoms with Gasteiger partial charge in [-0.2, -0.15) is 0 Å². The summed E-state index contributed by atoms with van der Waals surface area (Å²) in [6.07, 6.45) is 7.73. The monoisotopic (exact) mass is 240 g/mol. The minimum absolute atomic E-state index is 0.694. The number of hydrogen-bond donors (Lipinski definition) is 1. The molecule has 0 amide bonds. The smallest absolute Gasteiger partial charge is 0.253 e. The highest BCUT2D eigenvalue weighted by Gasteiger charge is 2.09. The number of imidazole rings is 1. The maximum Gasteiger partial charge on any atom is 0.253 e. The molecule has 0 bridgehead atoms. The zero-order valence-corrected chi connectivity index (χ0v) is 11.5. The highest BCUT2D eigenvalue weighted by atomic mass is 16.4. The second kappa shape index (κ2) is 7.09. The van der Waals surface area contributed by atoms with Gasteiger partial charge in [-0.25, -0.2) is 9.55 Å². The average Bonchev–Trinajstić information content (AvgIpc) is 2.60. The van der Waals surface area contributed by atoms with E-state index in [4.69, 9.17) is 0 Å². The molecule has 0 aromatic carbocycles. The molecule has 1 rings (SSSR count). The van der Waals surface area contributed by atoms with E-state index in [1.807, 2.05) is 12.4 Å². The number of unbranched alkanes of at least 4 members (excludes halogenated alkanes) is 1. The Balaban J connectivity index is 0.000000325. The second-order valence-corrected chi connectivity index (χ2v) is 5.16. The van der Waals surface area contributed by atoms with Crippen LogP contribution in [0.5, 0.6) is 0 Å². The van der Waals surface area contributed by atoms with Crippen molar-refractivity contribution in [2.75, 3.05) is 0 Å². The van der Waals surface area contributed by atoms with Crippen molar-refractivity contribution in [1.82, 2.24) is 4.98 Å². The van der Waals surface area contributed by atoms with E-state index in [0.717, 1.165) is 0 Å². The molecule has 4 nitrogen and oxygen atoms in total. The number of carboxylic acids is 1. The lowest BCUT2D eigenvalue weighted by atomic mass is 9.98. The van der Waals surface area contributed by atoms with Gasteiger partial charge >= 0.3 is 0 Å². The van der Waals surface area contributed by atoms with E-state index in [-0.39, 0.29) is 0 Å². The Morgan fingerprint density at radius 1 is 1.47 bits per heavy atom. The number of rotatable bonds is 3. The van der Waals surface area contributed by atoms with Crippen LogP contribution in [0.2, 0.25) is 0 Å². The van der Waals surface area contributed by atoms with E-state index in [0.29, 0.717) is 0 Å². The van der Waals surface area contributed by atoms with Gasteiger partial charge in [0.25, 0.3) is 5.82 Å². The van der Waals surface area contributed by atoms with Crippen LogP contribution < -0.4 is 9.67 Å². The predicted octanol–water partition coefficient (Wildman–Crippen LogP) is 0.964. The minimum atomic E-state index is -1.01. The molecule has 17 heavy (non-hydrogen) atoms. The molecule has 0 radical (unpaired) electrons. The van der Waals surface area contributed by atoms with Crippen LogP contribution in [0, 0.1) is 5.41 Å². The fourth-order valence-corrected chi connectivity index (χ4v) is 1.03. The third-order valence-corrected chi connectivity index (χ3v) is 2.35. The molecule has 1 N–H and O–H groups in total. The molecule has 1 aromatic heterocycles. The number of aliphatic carboxylic acids is 1. The molecule has 0 atom stereocenters. The van der Waals surface area contributed by atoms with Gasteiger partial charge in [-0.05, 0) is 6.42 Å². The van der Waals surface area contributed by atoms with Gasteiger partial charge in [0.2, 0.25) is 0 Å². The third kappa shape index (κ3) is 6.76. The first-order chi connectivity index (χ1) is 7.79. The van der Waals surface area contributed by atoms with Gasteiger partial charge in [-0.15, -0.1) is 0 Å². The molecule has 0 aliphatic carbocycles. The molecule has 4 heteroatoms. The van der Waals surface area contributed by atoms with Crippen molar-refractivity contribution in [1.29, 1.82) is 0 Å². The number of hydrogen-bond acceptors (Lipinski definition) is 2. The summed E-state index contributed by atoms with van der Waals surface area (Å²) in [6, 6.07) is 0. The molecule has 0 unspecified atom stereocenters. The molecular formula is C13H24N2O2. The summed E-state index contributed by atoms with van der Waals surface area (Å²) in [5.74, 6) is 0.314. The number of aryl methyl sites for hydroxylation is 2. The van der Waals surface area contributed by atoms with Crippen LogP contribution in [0.1, 0.15) is 46.4 Å². The summed E-state index contributed by atoms with van der Waals surface area (Å²) in [7, 11) is 2.07. The lowest BCUT2D eigenvalue weighted by Crippen LogP contribution is -2.35. The number of aromatic nitrogens is 2. The summed E-state index contributed by atoms with van der Waals surface area (Å²) in [5.41, 5.74) is -0.694. The highest BCUT2D eigenvalue weighted by molar-refractivity contribution is 5.70. The van der Waals surface area contributed by atoms with Gasteiger partial charge in [0.15, 0.2) is 0 Å². The first-order valence-electron chi connectivity index (χ1n) is 6.02. The van der Waals surface area contributed by atoms with Crippen molar-refractivity contribution in [2.45, 2.75) is 47.0 Å². The lowest BCUT2D eigenvalue weighted by Gasteiger charge is -2.18. The maximum atomic E-state index is 9.91. The minimum Gasteiger partial charge on any atom is -0.550 e. The molecular weight excluding hydrogens is 216 g/mol. The number of carbonyl (C=O) groups is 1. The van der Waals surface area contributed by atoms with Crippen LogP contribution in [-0.2, 0) is 18.3 Å². The summed E-state index contributed by atoms with van der Waals surface area (Å²) in [6.45, 7) is 7.01. The number of aromatic amines is 1. The van der Waals surface area contributed by atoms with E-state index in [9.17, 15) is 9.90 Å². The van der Waals surface area contributed by atoms with Gasteiger partial charge < -0.3 is 9.90 Å². The van der Waals surface area contributed by atoms with Crippen LogP contribution in [0.4, 0.5) is 0 Å². The number of carbonyl (C=O) groups excluding carboxylic acids is 1. The van der Waals surface area contributed by atoms with Crippen molar-refractivity contribution in [3.8, 4) is 0 Å². The number of carboxylic acid groups (broad SMARTS) is 1. The van der Waals surface area contributed by atoms with E-state index < -0.39 is 11.4 Å². The molecule has 1 heterocycles. The van der Waals surface area contributed by atoms with Gasteiger partial charge in [0.05, 0.1) is 7.05 Å². The third-order valence-electron chi connectivity index (χ3n) is 2.35. The largest absolute Gasteiger partial charge is 0.550 e. The van der Waals surface area contributed by atoms with Gasteiger partial charge in [-0.3, -0.25) is 0 Å². The van der Waals surface area contributed by atoms with Gasteiger partial charge in [0, 0.05) is 17.8 Å². The Bertz CT molecular complexity index is 337. The van der Waals surface area contributed by atoms with Crippen LogP contribution in [0.25, 0.3) is 0 Å². The molecule has 0 aliphatic heterocycles. The molecule has 0 aliphatic rings. The second-order valence-electron chi connectivity index (χ2n) is 5.16. The van der Waals surface area contributed by atoms with Crippen molar-refractivity contribution in [2.24, 2.45) is 12.5 Å². The predicted molar refractivity (Wildman–Crippen MR) is 65.0 cm³/mol. The van der Waals surface area contributed by atoms with E-state index >= 15 is 0 Å². The summed E-state index contributed by atoms with van der Waals surface area (Å²) < 4.78 is 2.13. The first kappa shape index (κ1) is 15.7. The molecule has 98 valence electrons. The lowest BCUT2D eigenvalue weighted by molar-refractivity contribution is -0.677. The SMILES string of the molecule is CC(C)(C)C(=O)[O-].CCCCc1[nH]cc[n+]1C. The number of nitrogens with zero attached hydrogens (tertiary/aromatic N) is 1. The van der Waals surface area contributed by atoms with E-state index in [1.54, 1.807) is 20.8 Å². The summed E-state index contributed by atoms with van der Waals surface area (Å²) >= 11 is 0. The van der Waals surface area contributed by atoms with Crippen molar-refractivity contribution in [3.05, 3.63) is 18.2 Å².